The van der Waals surface area contributed by atoms with E-state index in [0.717, 1.165) is 145 Å². The van der Waals surface area contributed by atoms with Gasteiger partial charge in [-0.15, -0.1) is 0 Å². The zero-order chi connectivity index (χ0) is 76.8. The van der Waals surface area contributed by atoms with Gasteiger partial charge in [0.05, 0.1) is 5.52 Å². The molecule has 0 atom stereocenters. The van der Waals surface area contributed by atoms with E-state index in [1.54, 1.807) is 0 Å². The molecule has 19 aromatic carbocycles. The molecule has 116 heavy (non-hydrogen) atoms. The lowest BCUT2D eigenvalue weighted by atomic mass is 9.33. The largest absolute Gasteiger partial charge is 0.310 e. The normalized spacial score (nSPS) is 11.6. The second-order valence-electron chi connectivity index (χ2n) is 30.5. The number of hydrogen-bond donors (Lipinski definition) is 0. The summed E-state index contributed by atoms with van der Waals surface area (Å²) in [5.74, 6) is 0. The van der Waals surface area contributed by atoms with E-state index in [4.69, 9.17) is 0 Å². The molecule has 20 aromatic rings. The summed E-state index contributed by atoms with van der Waals surface area (Å²) in [5.41, 5.74) is 41.6. The predicted molar refractivity (Wildman–Crippen MR) is 493 cm³/mol. The molecular formula is C114H76BN. The Bertz CT molecular complexity index is 6770. The van der Waals surface area contributed by atoms with E-state index in [1.165, 1.54) is 66.2 Å². The van der Waals surface area contributed by atoms with Crippen molar-refractivity contribution in [3.63, 3.8) is 0 Å². The van der Waals surface area contributed by atoms with Gasteiger partial charge in [-0.05, 0) is 251 Å². The van der Waals surface area contributed by atoms with Crippen LogP contribution in [-0.4, -0.2) is 11.3 Å². The van der Waals surface area contributed by atoms with E-state index in [-0.39, 0.29) is 0 Å². The molecule has 2 heterocycles. The highest BCUT2D eigenvalue weighted by Crippen LogP contribution is 2.51. The van der Waals surface area contributed by atoms with Crippen LogP contribution in [0.3, 0.4) is 0 Å². The summed E-state index contributed by atoms with van der Waals surface area (Å²) in [7, 11) is 0. The number of aromatic nitrogens is 1. The monoisotopic (exact) mass is 1470 g/mol. The van der Waals surface area contributed by atoms with Gasteiger partial charge in [-0.3, -0.25) is 0 Å². The molecule has 21 rings (SSSR count). The third-order valence-electron chi connectivity index (χ3n) is 23.6. The van der Waals surface area contributed by atoms with Gasteiger partial charge in [0, 0.05) is 22.0 Å². The van der Waals surface area contributed by atoms with Crippen molar-refractivity contribution in [1.82, 2.24) is 4.57 Å². The fourth-order valence-electron chi connectivity index (χ4n) is 18.4. The molecule has 0 unspecified atom stereocenters. The molecule has 0 fully saturated rings. The van der Waals surface area contributed by atoms with Gasteiger partial charge in [-0.2, -0.15) is 0 Å². The van der Waals surface area contributed by atoms with Crippen molar-refractivity contribution in [2.45, 2.75) is 0 Å². The Morgan fingerprint density at radius 3 is 0.690 bits per heavy atom. The second-order valence-corrected chi connectivity index (χ2v) is 30.5. The van der Waals surface area contributed by atoms with Crippen LogP contribution >= 0.6 is 0 Å². The minimum absolute atomic E-state index is 0.410. The fraction of sp³-hybridized carbons (Fsp3) is 0. The Hall–Kier alpha value is -15.0. The van der Waals surface area contributed by atoms with Crippen molar-refractivity contribution >= 4 is 44.9 Å². The van der Waals surface area contributed by atoms with Gasteiger partial charge in [0.1, 0.15) is 0 Å². The molecule has 0 amide bonds. The lowest BCUT2D eigenvalue weighted by Gasteiger charge is -2.32. The van der Waals surface area contributed by atoms with Crippen LogP contribution in [0.1, 0.15) is 0 Å². The van der Waals surface area contributed by atoms with Crippen LogP contribution in [0.25, 0.3) is 194 Å². The molecule has 1 aliphatic heterocycles. The van der Waals surface area contributed by atoms with Crippen LogP contribution in [0.5, 0.6) is 0 Å². The fourth-order valence-corrected chi connectivity index (χ4v) is 18.4. The Labute approximate surface area is 678 Å². The Morgan fingerprint density at radius 2 is 0.388 bits per heavy atom. The summed E-state index contributed by atoms with van der Waals surface area (Å²) in [4.78, 5) is 0. The Balaban J connectivity index is 0.952. The van der Waals surface area contributed by atoms with E-state index in [0.29, 0.717) is 0 Å². The third kappa shape index (κ3) is 12.6. The number of fused-ring (bicyclic) bond motifs is 5. The summed E-state index contributed by atoms with van der Waals surface area (Å²) >= 11 is 0. The van der Waals surface area contributed by atoms with Crippen LogP contribution in [0, 0.1) is 0 Å². The number of hydrogen-bond acceptors (Lipinski definition) is 0. The molecule has 0 radical (unpaired) electrons. The molecule has 1 aromatic heterocycles. The number of nitrogens with zero attached hydrogens (tertiary/aromatic N) is 1. The van der Waals surface area contributed by atoms with Crippen molar-refractivity contribution in [2.75, 3.05) is 0 Å². The van der Waals surface area contributed by atoms with Crippen molar-refractivity contribution in [2.24, 2.45) is 0 Å². The molecule has 0 N–H and O–H groups in total. The number of rotatable bonds is 16. The van der Waals surface area contributed by atoms with Crippen LogP contribution in [0.2, 0.25) is 0 Å². The van der Waals surface area contributed by atoms with Crippen LogP contribution in [0.4, 0.5) is 0 Å². The molecule has 2 heteroatoms. The first-order valence-electron chi connectivity index (χ1n) is 40.2. The summed E-state index contributed by atoms with van der Waals surface area (Å²) in [6.07, 6.45) is 0. The first kappa shape index (κ1) is 69.0. The summed E-state index contributed by atoms with van der Waals surface area (Å²) in [6, 6.07) is 172. The van der Waals surface area contributed by atoms with Crippen molar-refractivity contribution < 1.29 is 0 Å². The van der Waals surface area contributed by atoms with Crippen LogP contribution in [0.15, 0.2) is 461 Å². The molecule has 0 saturated heterocycles. The molecule has 540 valence electrons. The highest BCUT2D eigenvalue weighted by molar-refractivity contribution is 6.99. The lowest BCUT2D eigenvalue weighted by Crippen LogP contribution is -2.57. The second kappa shape index (κ2) is 29.9. The van der Waals surface area contributed by atoms with Crippen LogP contribution in [-0.2, 0) is 0 Å². The van der Waals surface area contributed by atoms with Gasteiger partial charge in [0.2, 0.25) is 6.71 Å². The highest BCUT2D eigenvalue weighted by Gasteiger charge is 2.39. The molecular weight excluding hydrogens is 1390 g/mol. The summed E-state index contributed by atoms with van der Waals surface area (Å²) < 4.78 is 2.66. The first-order valence-corrected chi connectivity index (χ1v) is 40.2. The maximum atomic E-state index is 2.66. The molecule has 0 aliphatic carbocycles. The smallest absolute Gasteiger partial charge is 0.248 e. The van der Waals surface area contributed by atoms with E-state index >= 15 is 0 Å². The van der Waals surface area contributed by atoms with Gasteiger partial charge in [-0.1, -0.05) is 394 Å². The lowest BCUT2D eigenvalue weighted by molar-refractivity contribution is 1.19. The van der Waals surface area contributed by atoms with Crippen molar-refractivity contribution in [3.8, 4) is 173 Å². The molecule has 0 spiro atoms. The zero-order valence-corrected chi connectivity index (χ0v) is 63.9. The minimum atomic E-state index is -0.410. The maximum Gasteiger partial charge on any atom is 0.248 e. The number of benzene rings is 19. The maximum absolute atomic E-state index is 2.66. The first-order chi connectivity index (χ1) is 57.6. The standard InChI is InChI=1S/C114H76BN/c1-13-37-77(38-14-1)91-66-96(81-45-21-5-22-46-81)110(97(67-91)82-47-23-6-24-48-82)89-61-63-108-104(65-89)105-74-95(112-100(85-53-29-9-30-54-85)70-93(79-41-17-3-18-42-79)71-101(112)86-55-31-10-32-56-86)76-107-114(105)116(108)109-64-62-90(111-98(83-49-25-7-26-50-83)68-92(78-39-15-2-16-40-78)69-99(111)84-51-27-8-28-52-84)75-106(109)115(107)113-102(87-57-33-11-34-58-87)72-94(80-43-19-4-20-44-80)73-103(113)88-59-35-12-36-60-88/h1-76H. The minimum Gasteiger partial charge on any atom is -0.310 e. The highest BCUT2D eigenvalue weighted by atomic mass is 15.0. The molecule has 0 saturated carbocycles. The van der Waals surface area contributed by atoms with Crippen molar-refractivity contribution in [1.29, 1.82) is 0 Å². The topological polar surface area (TPSA) is 4.93 Å². The molecule has 0 bridgehead atoms. The summed E-state index contributed by atoms with van der Waals surface area (Å²) in [6.45, 7) is -0.410. The third-order valence-corrected chi connectivity index (χ3v) is 23.6. The Kier molecular flexibility index (Phi) is 17.8. The molecule has 1 nitrogen and oxygen atoms in total. The van der Waals surface area contributed by atoms with Crippen LogP contribution < -0.4 is 16.4 Å². The van der Waals surface area contributed by atoms with Gasteiger partial charge < -0.3 is 4.57 Å². The van der Waals surface area contributed by atoms with Crippen molar-refractivity contribution in [3.05, 3.63) is 461 Å². The average molecular weight is 1470 g/mol. The van der Waals surface area contributed by atoms with E-state index < -0.39 is 6.71 Å². The quantitative estimate of drug-likeness (QED) is 0.0850. The van der Waals surface area contributed by atoms with E-state index in [9.17, 15) is 0 Å². The predicted octanol–water partition coefficient (Wildman–Crippen LogP) is 28.6. The van der Waals surface area contributed by atoms with E-state index in [2.05, 4.69) is 466 Å². The Morgan fingerprint density at radius 1 is 0.155 bits per heavy atom. The van der Waals surface area contributed by atoms with E-state index in [1.807, 2.05) is 0 Å². The molecule has 1 aliphatic rings. The van der Waals surface area contributed by atoms with Gasteiger partial charge >= 0.3 is 0 Å². The van der Waals surface area contributed by atoms with Gasteiger partial charge in [0.25, 0.3) is 0 Å². The SMILES string of the molecule is c1ccc(-c2cc(-c3ccccc3)c(B3c4cc(-c5c(-c6ccccc6)cc(-c6ccccc6)cc5-c5ccccc5)ccc4-n4c5ccc(-c6c(-c7ccccc7)cc(-c7ccccc7)cc6-c6ccccc6)cc5c5cc(-c6c(-c7ccccc7)cc(-c7ccccc7)cc6-c6ccccc6)cc3c54)c(-c3ccccc3)c2)cc1. The summed E-state index contributed by atoms with van der Waals surface area (Å²) in [5, 5.41) is 2.32. The zero-order valence-electron chi connectivity index (χ0n) is 63.9. The average Bonchev–Trinajstić information content (AvgIpc) is 1.49. The van der Waals surface area contributed by atoms with Gasteiger partial charge in [-0.25, -0.2) is 0 Å². The van der Waals surface area contributed by atoms with Gasteiger partial charge in [0.15, 0.2) is 0 Å².